The Bertz CT molecular complexity index is 601. The molecule has 1 heterocycles. The van der Waals surface area contributed by atoms with Crippen molar-refractivity contribution in [3.63, 3.8) is 0 Å². The average molecular weight is 279 g/mol. The number of rotatable bonds is 4. The highest BCUT2D eigenvalue weighted by molar-refractivity contribution is 6.30. The fourth-order valence-electron chi connectivity index (χ4n) is 2.01. The molecule has 0 atom stereocenters. The highest BCUT2D eigenvalue weighted by atomic mass is 35.5. The van der Waals surface area contributed by atoms with Crippen molar-refractivity contribution < 1.29 is 9.90 Å². The van der Waals surface area contributed by atoms with Gasteiger partial charge in [-0.25, -0.2) is 4.98 Å². The molecule has 2 rings (SSSR count). The van der Waals surface area contributed by atoms with Crippen molar-refractivity contribution in [1.29, 1.82) is 0 Å². The quantitative estimate of drug-likeness (QED) is 0.874. The summed E-state index contributed by atoms with van der Waals surface area (Å²) in [6, 6.07) is 8.95. The lowest BCUT2D eigenvalue weighted by Crippen LogP contribution is -2.33. The Morgan fingerprint density at radius 2 is 2.16 bits per heavy atom. The molecule has 0 aliphatic heterocycles. The minimum Gasteiger partial charge on any atom is -0.395 e. The van der Waals surface area contributed by atoms with E-state index in [1.807, 2.05) is 31.2 Å². The van der Waals surface area contributed by atoms with Gasteiger partial charge in [0.15, 0.2) is 0 Å². The predicted molar refractivity (Wildman–Crippen MR) is 75.4 cm³/mol. The number of pyridine rings is 1. The molecule has 1 N–H and O–H groups in total. The van der Waals surface area contributed by atoms with Gasteiger partial charge in [-0.05, 0) is 19.1 Å². The number of halogens is 1. The number of fused-ring (bicyclic) bond motifs is 1. The fourth-order valence-corrected chi connectivity index (χ4v) is 2.21. The molecule has 0 spiro atoms. The monoisotopic (exact) mass is 278 g/mol. The zero-order valence-electron chi connectivity index (χ0n) is 10.6. The molecule has 0 bridgehead atoms. The smallest absolute Gasteiger partial charge is 0.254 e. The molecule has 19 heavy (non-hydrogen) atoms. The minimum absolute atomic E-state index is 0.0592. The van der Waals surface area contributed by atoms with Gasteiger partial charge >= 0.3 is 0 Å². The first-order chi connectivity index (χ1) is 9.17. The average Bonchev–Trinajstić information content (AvgIpc) is 2.43. The maximum absolute atomic E-state index is 12.5. The van der Waals surface area contributed by atoms with Gasteiger partial charge < -0.3 is 10.0 Å². The van der Waals surface area contributed by atoms with Crippen LogP contribution in [0.5, 0.6) is 0 Å². The van der Waals surface area contributed by atoms with Crippen LogP contribution in [0.4, 0.5) is 0 Å². The molecule has 5 heteroatoms. The Balaban J connectivity index is 2.52. The van der Waals surface area contributed by atoms with E-state index in [4.69, 9.17) is 16.7 Å². The second-order valence-electron chi connectivity index (χ2n) is 4.12. The van der Waals surface area contributed by atoms with Crippen LogP contribution in [-0.2, 0) is 0 Å². The third kappa shape index (κ3) is 2.85. The van der Waals surface area contributed by atoms with E-state index in [1.54, 1.807) is 11.0 Å². The minimum atomic E-state index is -0.142. The van der Waals surface area contributed by atoms with Crippen LogP contribution in [0.2, 0.25) is 5.15 Å². The first-order valence-electron chi connectivity index (χ1n) is 6.12. The van der Waals surface area contributed by atoms with E-state index in [1.165, 1.54) is 0 Å². The van der Waals surface area contributed by atoms with Gasteiger partial charge in [0.05, 0.1) is 17.7 Å². The van der Waals surface area contributed by atoms with Crippen molar-refractivity contribution in [2.24, 2.45) is 0 Å². The molecule has 0 aliphatic rings. The molecular weight excluding hydrogens is 264 g/mol. The maximum atomic E-state index is 12.5. The molecule has 2 aromatic rings. The summed E-state index contributed by atoms with van der Waals surface area (Å²) in [5.41, 5.74) is 1.21. The van der Waals surface area contributed by atoms with Crippen molar-refractivity contribution in [3.8, 4) is 0 Å². The molecule has 0 saturated carbocycles. The first kappa shape index (κ1) is 13.8. The highest BCUT2D eigenvalue weighted by Crippen LogP contribution is 2.22. The topological polar surface area (TPSA) is 53.4 Å². The molecule has 1 amide bonds. The number of hydrogen-bond donors (Lipinski definition) is 1. The Labute approximate surface area is 116 Å². The van der Waals surface area contributed by atoms with E-state index in [0.717, 1.165) is 5.39 Å². The Kier molecular flexibility index (Phi) is 4.35. The third-order valence-corrected chi connectivity index (χ3v) is 3.15. The van der Waals surface area contributed by atoms with Crippen LogP contribution < -0.4 is 0 Å². The SMILES string of the molecule is CCN(CCO)C(=O)c1cc(Cl)nc2ccccc12. The molecule has 100 valence electrons. The molecule has 0 aliphatic carbocycles. The number of para-hydroxylation sites is 1. The molecule has 0 saturated heterocycles. The number of carbonyl (C=O) groups is 1. The van der Waals surface area contributed by atoms with Gasteiger partial charge in [-0.2, -0.15) is 0 Å². The summed E-state index contributed by atoms with van der Waals surface area (Å²) in [7, 11) is 0. The molecule has 1 aromatic heterocycles. The van der Waals surface area contributed by atoms with Crippen molar-refractivity contribution >= 4 is 28.4 Å². The van der Waals surface area contributed by atoms with Crippen LogP contribution in [0.1, 0.15) is 17.3 Å². The molecular formula is C14H15ClN2O2. The van der Waals surface area contributed by atoms with Crippen molar-refractivity contribution in [3.05, 3.63) is 41.0 Å². The second kappa shape index (κ2) is 5.99. The largest absolute Gasteiger partial charge is 0.395 e. The lowest BCUT2D eigenvalue weighted by Gasteiger charge is -2.20. The van der Waals surface area contributed by atoms with Gasteiger partial charge in [0.2, 0.25) is 0 Å². The molecule has 0 radical (unpaired) electrons. The second-order valence-corrected chi connectivity index (χ2v) is 4.51. The van der Waals surface area contributed by atoms with Crippen LogP contribution in [0.15, 0.2) is 30.3 Å². The number of aliphatic hydroxyl groups excluding tert-OH is 1. The molecule has 4 nitrogen and oxygen atoms in total. The van der Waals surface area contributed by atoms with E-state index in [-0.39, 0.29) is 12.5 Å². The fraction of sp³-hybridized carbons (Fsp3) is 0.286. The Morgan fingerprint density at radius 3 is 2.84 bits per heavy atom. The first-order valence-corrected chi connectivity index (χ1v) is 6.50. The molecule has 1 aromatic carbocycles. The summed E-state index contributed by atoms with van der Waals surface area (Å²) < 4.78 is 0. The molecule has 0 unspecified atom stereocenters. The van der Waals surface area contributed by atoms with Crippen LogP contribution in [-0.4, -0.2) is 40.6 Å². The van der Waals surface area contributed by atoms with E-state index in [2.05, 4.69) is 4.98 Å². The summed E-state index contributed by atoms with van der Waals surface area (Å²) in [5, 5.41) is 10.1. The normalized spacial score (nSPS) is 10.7. The number of hydrogen-bond acceptors (Lipinski definition) is 3. The van der Waals surface area contributed by atoms with Crippen LogP contribution in [0.25, 0.3) is 10.9 Å². The van der Waals surface area contributed by atoms with Gasteiger partial charge in [-0.3, -0.25) is 4.79 Å². The lowest BCUT2D eigenvalue weighted by molar-refractivity contribution is 0.0734. The van der Waals surface area contributed by atoms with Gasteiger partial charge in [0, 0.05) is 18.5 Å². The highest BCUT2D eigenvalue weighted by Gasteiger charge is 2.17. The Morgan fingerprint density at radius 1 is 1.42 bits per heavy atom. The van der Waals surface area contributed by atoms with E-state index >= 15 is 0 Å². The summed E-state index contributed by atoms with van der Waals surface area (Å²) in [6.07, 6.45) is 0. The van der Waals surface area contributed by atoms with E-state index in [0.29, 0.717) is 29.3 Å². The molecule has 0 fully saturated rings. The standard InChI is InChI=1S/C14H15ClN2O2/c1-2-17(7-8-18)14(19)11-9-13(15)16-12-6-4-3-5-10(11)12/h3-6,9,18H,2,7-8H2,1H3. The zero-order valence-corrected chi connectivity index (χ0v) is 11.4. The lowest BCUT2D eigenvalue weighted by atomic mass is 10.1. The third-order valence-electron chi connectivity index (χ3n) is 2.95. The number of carbonyl (C=O) groups excluding carboxylic acids is 1. The van der Waals surface area contributed by atoms with Crippen molar-refractivity contribution in [2.45, 2.75) is 6.92 Å². The van der Waals surface area contributed by atoms with E-state index in [9.17, 15) is 4.79 Å². The number of aliphatic hydroxyl groups is 1. The van der Waals surface area contributed by atoms with Crippen molar-refractivity contribution in [1.82, 2.24) is 9.88 Å². The number of benzene rings is 1. The summed E-state index contributed by atoms with van der Waals surface area (Å²) in [5.74, 6) is -0.142. The predicted octanol–water partition coefficient (Wildman–Crippen LogP) is 2.34. The summed E-state index contributed by atoms with van der Waals surface area (Å²) >= 11 is 5.96. The number of aromatic nitrogens is 1. The zero-order chi connectivity index (χ0) is 13.8. The van der Waals surface area contributed by atoms with Crippen LogP contribution in [0.3, 0.4) is 0 Å². The summed E-state index contributed by atoms with van der Waals surface area (Å²) in [6.45, 7) is 2.66. The van der Waals surface area contributed by atoms with E-state index < -0.39 is 0 Å². The maximum Gasteiger partial charge on any atom is 0.254 e. The van der Waals surface area contributed by atoms with Crippen LogP contribution in [0, 0.1) is 0 Å². The number of nitrogens with zero attached hydrogens (tertiary/aromatic N) is 2. The van der Waals surface area contributed by atoms with Gasteiger partial charge in [-0.1, -0.05) is 29.8 Å². The Hall–Kier alpha value is -1.65. The number of amides is 1. The number of likely N-dealkylation sites (N-methyl/N-ethyl adjacent to an activating group) is 1. The summed E-state index contributed by atoms with van der Waals surface area (Å²) in [4.78, 5) is 18.2. The van der Waals surface area contributed by atoms with Crippen LogP contribution >= 0.6 is 11.6 Å². The van der Waals surface area contributed by atoms with Gasteiger partial charge in [0.25, 0.3) is 5.91 Å². The van der Waals surface area contributed by atoms with Crippen molar-refractivity contribution in [2.75, 3.05) is 19.7 Å². The van der Waals surface area contributed by atoms with Gasteiger partial charge in [0.1, 0.15) is 5.15 Å². The van der Waals surface area contributed by atoms with Gasteiger partial charge in [-0.15, -0.1) is 0 Å².